The van der Waals surface area contributed by atoms with Crippen LogP contribution in [0, 0.1) is 6.92 Å². The predicted molar refractivity (Wildman–Crippen MR) is 99.5 cm³/mol. The van der Waals surface area contributed by atoms with Gasteiger partial charge in [0, 0.05) is 10.8 Å². The number of nitrogens with one attached hydrogen (secondary N) is 1. The first-order valence-corrected chi connectivity index (χ1v) is 9.06. The third-order valence-electron chi connectivity index (χ3n) is 3.52. The largest absolute Gasteiger partial charge is 0.497 e. The van der Waals surface area contributed by atoms with Gasteiger partial charge >= 0.3 is 0 Å². The van der Waals surface area contributed by atoms with Gasteiger partial charge in [-0.3, -0.25) is 5.10 Å². The monoisotopic (exact) mass is 375 g/mol. The zero-order chi connectivity index (χ0) is 17.6. The van der Waals surface area contributed by atoms with E-state index in [-0.39, 0.29) is 0 Å². The van der Waals surface area contributed by atoms with Crippen LogP contribution in [-0.4, -0.2) is 22.3 Å². The number of hydrogen-bond acceptors (Lipinski definition) is 5. The Hall–Kier alpha value is -2.18. The maximum atomic E-state index is 6.01. The van der Waals surface area contributed by atoms with Crippen LogP contribution in [-0.2, 0) is 12.4 Å². The highest BCUT2D eigenvalue weighted by Gasteiger charge is 2.06. The molecule has 5 nitrogen and oxygen atoms in total. The molecule has 0 amide bonds. The van der Waals surface area contributed by atoms with Crippen LogP contribution in [0.3, 0.4) is 0 Å². The fraction of sp³-hybridized carbons (Fsp3) is 0.222. The number of thioether (sulfide) groups is 1. The van der Waals surface area contributed by atoms with Crippen LogP contribution in [0.5, 0.6) is 11.5 Å². The molecule has 0 spiro atoms. The van der Waals surface area contributed by atoms with Crippen molar-refractivity contribution in [2.24, 2.45) is 0 Å². The number of methoxy groups -OCH3 is 1. The molecule has 3 aromatic rings. The molecule has 0 aliphatic heterocycles. The summed E-state index contributed by atoms with van der Waals surface area (Å²) in [5.74, 6) is 3.05. The molecule has 25 heavy (non-hydrogen) atoms. The number of H-pyrrole nitrogens is 1. The number of ether oxygens (including phenoxy) is 2. The van der Waals surface area contributed by atoms with Crippen LogP contribution < -0.4 is 9.47 Å². The number of rotatable bonds is 7. The maximum Gasteiger partial charge on any atom is 0.208 e. The molecule has 1 aromatic heterocycles. The van der Waals surface area contributed by atoms with Crippen molar-refractivity contribution in [3.63, 3.8) is 0 Å². The van der Waals surface area contributed by atoms with E-state index in [2.05, 4.69) is 21.2 Å². The van der Waals surface area contributed by atoms with E-state index in [0.717, 1.165) is 33.4 Å². The Bertz CT molecular complexity index is 854. The first-order valence-electron chi connectivity index (χ1n) is 7.70. The highest BCUT2D eigenvalue weighted by molar-refractivity contribution is 7.98. The van der Waals surface area contributed by atoms with Crippen LogP contribution >= 0.6 is 23.4 Å². The van der Waals surface area contributed by atoms with Gasteiger partial charge in [-0.2, -0.15) is 0 Å². The molecule has 0 aliphatic carbocycles. The summed E-state index contributed by atoms with van der Waals surface area (Å²) in [4.78, 5) is 4.44. The van der Waals surface area contributed by atoms with Crippen molar-refractivity contribution < 1.29 is 9.47 Å². The Morgan fingerprint density at radius 1 is 1.16 bits per heavy atom. The summed E-state index contributed by atoms with van der Waals surface area (Å²) in [6, 6.07) is 13.5. The normalized spacial score (nSPS) is 10.7. The number of aromatic nitrogens is 3. The first-order chi connectivity index (χ1) is 12.1. The molecular formula is C18H18ClN3O2S. The number of hydrogen-bond donors (Lipinski definition) is 1. The number of halogens is 1. The van der Waals surface area contributed by atoms with E-state index in [9.17, 15) is 0 Å². The summed E-state index contributed by atoms with van der Waals surface area (Å²) >= 11 is 7.57. The minimum atomic E-state index is 0.327. The average Bonchev–Trinajstić information content (AvgIpc) is 3.09. The van der Waals surface area contributed by atoms with E-state index in [4.69, 9.17) is 21.1 Å². The Morgan fingerprint density at radius 2 is 2.04 bits per heavy atom. The topological polar surface area (TPSA) is 60.0 Å². The summed E-state index contributed by atoms with van der Waals surface area (Å²) in [6.45, 7) is 2.27. The van der Waals surface area contributed by atoms with Gasteiger partial charge in [-0.1, -0.05) is 35.5 Å². The standard InChI is InChI=1S/C18H18ClN3O2S/c1-12-8-15(6-7-16(12)19)24-10-17-20-18(22-21-17)25-11-13-4-3-5-14(9-13)23-2/h3-9H,10-11H2,1-2H3,(H,20,21,22). The highest BCUT2D eigenvalue weighted by atomic mass is 35.5. The quantitative estimate of drug-likeness (QED) is 0.609. The molecule has 1 heterocycles. The third-order valence-corrected chi connectivity index (χ3v) is 4.86. The summed E-state index contributed by atoms with van der Waals surface area (Å²) in [5.41, 5.74) is 2.13. The minimum Gasteiger partial charge on any atom is -0.497 e. The van der Waals surface area contributed by atoms with Gasteiger partial charge in [0.2, 0.25) is 5.16 Å². The van der Waals surface area contributed by atoms with E-state index in [1.165, 1.54) is 0 Å². The van der Waals surface area contributed by atoms with Gasteiger partial charge in [0.05, 0.1) is 7.11 Å². The molecule has 0 fully saturated rings. The Kier molecular flexibility index (Phi) is 5.83. The minimum absolute atomic E-state index is 0.327. The van der Waals surface area contributed by atoms with Gasteiger partial charge in [0.15, 0.2) is 5.82 Å². The smallest absolute Gasteiger partial charge is 0.208 e. The van der Waals surface area contributed by atoms with Crippen molar-refractivity contribution in [1.82, 2.24) is 15.2 Å². The van der Waals surface area contributed by atoms with E-state index in [0.29, 0.717) is 17.6 Å². The van der Waals surface area contributed by atoms with Crippen LogP contribution in [0.4, 0.5) is 0 Å². The summed E-state index contributed by atoms with van der Waals surface area (Å²) in [6.07, 6.45) is 0. The number of aryl methyl sites for hydroxylation is 1. The fourth-order valence-corrected chi connectivity index (χ4v) is 3.05. The van der Waals surface area contributed by atoms with Gasteiger partial charge < -0.3 is 9.47 Å². The van der Waals surface area contributed by atoms with E-state index < -0.39 is 0 Å². The lowest BCUT2D eigenvalue weighted by Gasteiger charge is -2.05. The zero-order valence-corrected chi connectivity index (χ0v) is 15.5. The van der Waals surface area contributed by atoms with Gasteiger partial charge in [-0.05, 0) is 48.4 Å². The predicted octanol–water partition coefficient (Wildman–Crippen LogP) is 4.65. The van der Waals surface area contributed by atoms with Crippen molar-refractivity contribution in [3.8, 4) is 11.5 Å². The Labute approximate surface area is 155 Å². The summed E-state index contributed by atoms with van der Waals surface area (Å²) in [5, 5.41) is 8.53. The lowest BCUT2D eigenvalue weighted by atomic mass is 10.2. The molecule has 0 unspecified atom stereocenters. The first kappa shape index (κ1) is 17.6. The van der Waals surface area contributed by atoms with Gasteiger partial charge in [0.1, 0.15) is 18.1 Å². The van der Waals surface area contributed by atoms with E-state index in [1.54, 1.807) is 18.9 Å². The molecule has 2 aromatic carbocycles. The van der Waals surface area contributed by atoms with Crippen LogP contribution in [0.1, 0.15) is 17.0 Å². The molecule has 0 bridgehead atoms. The average molecular weight is 376 g/mol. The van der Waals surface area contributed by atoms with Crippen molar-refractivity contribution in [1.29, 1.82) is 0 Å². The van der Waals surface area contributed by atoms with Crippen LogP contribution in [0.2, 0.25) is 5.02 Å². The number of nitrogens with zero attached hydrogens (tertiary/aromatic N) is 2. The van der Waals surface area contributed by atoms with Crippen molar-refractivity contribution in [3.05, 3.63) is 64.4 Å². The fourth-order valence-electron chi connectivity index (χ4n) is 2.18. The number of benzene rings is 2. The number of aromatic amines is 1. The lowest BCUT2D eigenvalue weighted by Crippen LogP contribution is -1.98. The summed E-state index contributed by atoms with van der Waals surface area (Å²) in [7, 11) is 1.66. The second-order valence-electron chi connectivity index (χ2n) is 5.40. The van der Waals surface area contributed by atoms with Crippen LogP contribution in [0.15, 0.2) is 47.6 Å². The molecule has 0 saturated heterocycles. The highest BCUT2D eigenvalue weighted by Crippen LogP contribution is 2.23. The second kappa shape index (κ2) is 8.27. The molecule has 130 valence electrons. The molecule has 7 heteroatoms. The van der Waals surface area contributed by atoms with Gasteiger partial charge in [-0.25, -0.2) is 4.98 Å². The lowest BCUT2D eigenvalue weighted by molar-refractivity contribution is 0.296. The molecule has 0 saturated carbocycles. The van der Waals surface area contributed by atoms with Gasteiger partial charge in [0.25, 0.3) is 0 Å². The molecule has 3 rings (SSSR count). The van der Waals surface area contributed by atoms with Crippen LogP contribution in [0.25, 0.3) is 0 Å². The Balaban J connectivity index is 1.54. The maximum absolute atomic E-state index is 6.01. The van der Waals surface area contributed by atoms with Gasteiger partial charge in [-0.15, -0.1) is 5.10 Å². The summed E-state index contributed by atoms with van der Waals surface area (Å²) < 4.78 is 10.9. The molecular weight excluding hydrogens is 358 g/mol. The second-order valence-corrected chi connectivity index (χ2v) is 6.75. The third kappa shape index (κ3) is 4.90. The van der Waals surface area contributed by atoms with Crippen molar-refractivity contribution in [2.45, 2.75) is 24.4 Å². The Morgan fingerprint density at radius 3 is 2.84 bits per heavy atom. The van der Waals surface area contributed by atoms with E-state index >= 15 is 0 Å². The molecule has 0 aliphatic rings. The van der Waals surface area contributed by atoms with Crippen molar-refractivity contribution >= 4 is 23.4 Å². The van der Waals surface area contributed by atoms with Crippen molar-refractivity contribution in [2.75, 3.05) is 7.11 Å². The zero-order valence-electron chi connectivity index (χ0n) is 14.0. The SMILES string of the molecule is COc1cccc(CSc2n[nH]c(COc3ccc(Cl)c(C)c3)n2)c1. The molecule has 1 N–H and O–H groups in total. The van der Waals surface area contributed by atoms with E-state index in [1.807, 2.05) is 43.3 Å². The molecule has 0 radical (unpaired) electrons. The molecule has 0 atom stereocenters.